The van der Waals surface area contributed by atoms with Crippen molar-refractivity contribution in [2.24, 2.45) is 0 Å². The van der Waals surface area contributed by atoms with Crippen molar-refractivity contribution in [3.8, 4) is 0 Å². The molecule has 0 amide bonds. The van der Waals surface area contributed by atoms with Gasteiger partial charge in [-0.3, -0.25) is 20.2 Å². The second kappa shape index (κ2) is 5.72. The lowest BCUT2D eigenvalue weighted by Gasteiger charge is -2.08. The van der Waals surface area contributed by atoms with Crippen molar-refractivity contribution in [3.05, 3.63) is 80.9 Å². The van der Waals surface area contributed by atoms with Gasteiger partial charge in [0, 0.05) is 21.0 Å². The maximum atomic E-state index is 10.8. The lowest BCUT2D eigenvalue weighted by molar-refractivity contribution is -0.516. The quantitative estimate of drug-likeness (QED) is 0.440. The van der Waals surface area contributed by atoms with Gasteiger partial charge in [0.25, 0.3) is 12.1 Å². The highest BCUT2D eigenvalue weighted by Gasteiger charge is 2.23. The summed E-state index contributed by atoms with van der Waals surface area (Å²) in [5.41, 5.74) is 0.724. The fraction of sp³-hybridized carbons (Fsp3) is 0.167. The summed E-state index contributed by atoms with van der Waals surface area (Å²) in [5, 5.41) is 21.6. The Morgan fingerprint density at radius 2 is 1.39 bits per heavy atom. The number of hydrogen-bond acceptors (Lipinski definition) is 4. The number of rotatable bonds is 6. The number of nitrogens with zero attached hydrogens (tertiary/aromatic N) is 2. The first-order chi connectivity index (χ1) is 8.51. The molecule has 0 aliphatic carbocycles. The summed E-state index contributed by atoms with van der Waals surface area (Å²) >= 11 is 0. The fourth-order valence-corrected chi connectivity index (χ4v) is 1.61. The average Bonchev–Trinajstić information content (AvgIpc) is 2.30. The van der Waals surface area contributed by atoms with Crippen LogP contribution in [0.5, 0.6) is 0 Å². The third-order valence-corrected chi connectivity index (χ3v) is 2.49. The molecule has 94 valence electrons. The number of benzene rings is 1. The molecule has 0 radical (unpaired) electrons. The van der Waals surface area contributed by atoms with E-state index in [1.165, 1.54) is 18.2 Å². The van der Waals surface area contributed by atoms with Crippen molar-refractivity contribution in [1.82, 2.24) is 0 Å². The van der Waals surface area contributed by atoms with Gasteiger partial charge in [0.2, 0.25) is 0 Å². The molecule has 1 aromatic rings. The van der Waals surface area contributed by atoms with Crippen LogP contribution in [0.25, 0.3) is 0 Å². The van der Waals surface area contributed by atoms with Crippen LogP contribution in [0.3, 0.4) is 0 Å². The van der Waals surface area contributed by atoms with Crippen molar-refractivity contribution in [2.45, 2.75) is 12.1 Å². The Hall–Kier alpha value is -2.50. The lowest BCUT2D eigenvalue weighted by atomic mass is 10.0. The zero-order valence-corrected chi connectivity index (χ0v) is 9.56. The molecule has 0 fully saturated rings. The number of nitro groups is 2. The largest absolute Gasteiger partial charge is 0.264 e. The molecule has 1 aromatic carbocycles. The molecule has 2 unspecified atom stereocenters. The van der Waals surface area contributed by atoms with E-state index in [9.17, 15) is 20.2 Å². The highest BCUT2D eigenvalue weighted by molar-refractivity contribution is 5.29. The van der Waals surface area contributed by atoms with Crippen LogP contribution >= 0.6 is 0 Å². The summed E-state index contributed by atoms with van der Waals surface area (Å²) in [4.78, 5) is 20.6. The highest BCUT2D eigenvalue weighted by atomic mass is 16.6. The zero-order chi connectivity index (χ0) is 13.7. The van der Waals surface area contributed by atoms with Crippen molar-refractivity contribution in [2.75, 3.05) is 0 Å². The van der Waals surface area contributed by atoms with E-state index in [4.69, 9.17) is 0 Å². The Kier molecular flexibility index (Phi) is 4.31. The molecule has 0 aliphatic rings. The molecule has 0 spiro atoms. The van der Waals surface area contributed by atoms with Gasteiger partial charge in [0.05, 0.1) is 0 Å². The van der Waals surface area contributed by atoms with Crippen molar-refractivity contribution in [3.63, 3.8) is 0 Å². The molecule has 0 saturated carbocycles. The van der Waals surface area contributed by atoms with E-state index < -0.39 is 21.9 Å². The van der Waals surface area contributed by atoms with Crippen molar-refractivity contribution in [1.29, 1.82) is 0 Å². The Morgan fingerprint density at radius 3 is 1.67 bits per heavy atom. The minimum absolute atomic E-state index is 0.362. The summed E-state index contributed by atoms with van der Waals surface area (Å²) in [7, 11) is 0. The first-order valence-electron chi connectivity index (χ1n) is 5.13. The van der Waals surface area contributed by atoms with Gasteiger partial charge in [-0.15, -0.1) is 0 Å². The molecule has 0 saturated heterocycles. The summed E-state index contributed by atoms with van der Waals surface area (Å²) in [6, 6.07) is 3.93. The molecule has 0 aromatic heterocycles. The van der Waals surface area contributed by atoms with Crippen LogP contribution < -0.4 is 0 Å². The van der Waals surface area contributed by atoms with Crippen LogP contribution in [-0.4, -0.2) is 9.85 Å². The molecule has 0 aliphatic heterocycles. The maximum absolute atomic E-state index is 10.8. The van der Waals surface area contributed by atoms with Gasteiger partial charge in [-0.2, -0.15) is 0 Å². The van der Waals surface area contributed by atoms with E-state index in [1.807, 2.05) is 0 Å². The predicted molar refractivity (Wildman–Crippen MR) is 66.3 cm³/mol. The molecule has 0 N–H and O–H groups in total. The summed E-state index contributed by atoms with van der Waals surface area (Å²) in [6.07, 6.45) is 2.38. The molecule has 0 heterocycles. The van der Waals surface area contributed by atoms with E-state index >= 15 is 0 Å². The third-order valence-electron chi connectivity index (χ3n) is 2.49. The zero-order valence-electron chi connectivity index (χ0n) is 9.56. The van der Waals surface area contributed by atoms with Crippen molar-refractivity contribution >= 4 is 0 Å². The molecule has 0 bridgehead atoms. The average molecular weight is 248 g/mol. The first-order valence-corrected chi connectivity index (χ1v) is 5.13. The predicted octanol–water partition coefficient (Wildman–Crippen LogP) is 2.69. The minimum Gasteiger partial charge on any atom is -0.264 e. The summed E-state index contributed by atoms with van der Waals surface area (Å²) in [6.45, 7) is 6.79. The Morgan fingerprint density at radius 1 is 1.00 bits per heavy atom. The smallest absolute Gasteiger partial charge is 0.256 e. The SMILES string of the molecule is C=CC(c1cccc(C(C=C)[N+](=O)[O-])c1)[N+](=O)[O-]. The van der Waals surface area contributed by atoms with E-state index in [-0.39, 0.29) is 0 Å². The second-order valence-electron chi connectivity index (χ2n) is 3.60. The topological polar surface area (TPSA) is 86.3 Å². The van der Waals surface area contributed by atoms with Gasteiger partial charge in [0.1, 0.15) is 0 Å². The lowest BCUT2D eigenvalue weighted by Crippen LogP contribution is -2.10. The van der Waals surface area contributed by atoms with E-state index in [0.29, 0.717) is 11.1 Å². The van der Waals surface area contributed by atoms with Crippen LogP contribution in [0.4, 0.5) is 0 Å². The summed E-state index contributed by atoms with van der Waals surface area (Å²) in [5.74, 6) is 0. The highest BCUT2D eigenvalue weighted by Crippen LogP contribution is 2.24. The number of hydrogen-bond donors (Lipinski definition) is 0. The van der Waals surface area contributed by atoms with Crippen LogP contribution in [0.2, 0.25) is 0 Å². The molecule has 6 heteroatoms. The van der Waals surface area contributed by atoms with Crippen LogP contribution in [0.1, 0.15) is 23.2 Å². The van der Waals surface area contributed by atoms with E-state index in [1.54, 1.807) is 18.2 Å². The Bertz CT molecular complexity index is 457. The monoisotopic (exact) mass is 248 g/mol. The van der Waals surface area contributed by atoms with Gasteiger partial charge >= 0.3 is 0 Å². The second-order valence-corrected chi connectivity index (χ2v) is 3.60. The van der Waals surface area contributed by atoms with Gasteiger partial charge in [-0.25, -0.2) is 0 Å². The Labute approximate surface area is 104 Å². The van der Waals surface area contributed by atoms with E-state index in [2.05, 4.69) is 13.2 Å². The van der Waals surface area contributed by atoms with Gasteiger partial charge in [-0.1, -0.05) is 31.4 Å². The van der Waals surface area contributed by atoms with E-state index in [0.717, 1.165) is 0 Å². The molecule has 18 heavy (non-hydrogen) atoms. The van der Waals surface area contributed by atoms with Crippen LogP contribution in [-0.2, 0) is 0 Å². The molecule has 2 atom stereocenters. The van der Waals surface area contributed by atoms with Gasteiger partial charge < -0.3 is 0 Å². The van der Waals surface area contributed by atoms with Gasteiger partial charge in [0.15, 0.2) is 0 Å². The van der Waals surface area contributed by atoms with Gasteiger partial charge in [-0.05, 0) is 18.2 Å². The normalized spacial score (nSPS) is 13.3. The van der Waals surface area contributed by atoms with Crippen LogP contribution in [0.15, 0.2) is 49.6 Å². The third kappa shape index (κ3) is 2.79. The maximum Gasteiger partial charge on any atom is 0.256 e. The standard InChI is InChI=1S/C12H12N2O4/c1-3-11(13(15)16)9-6-5-7-10(8-9)12(4-2)14(17)18/h3-8,11-12H,1-2H2. The molecule has 6 nitrogen and oxygen atoms in total. The van der Waals surface area contributed by atoms with Crippen LogP contribution in [0, 0.1) is 20.2 Å². The minimum atomic E-state index is -1.07. The Balaban J connectivity index is 3.19. The summed E-state index contributed by atoms with van der Waals surface area (Å²) < 4.78 is 0. The van der Waals surface area contributed by atoms with Crippen molar-refractivity contribution < 1.29 is 9.85 Å². The first kappa shape index (κ1) is 13.6. The molecule has 1 rings (SSSR count). The molecular formula is C12H12N2O4. The fourth-order valence-electron chi connectivity index (χ4n) is 1.61. The molecular weight excluding hydrogens is 236 g/mol.